The lowest BCUT2D eigenvalue weighted by Crippen LogP contribution is -2.26. The number of hydrogen-bond acceptors (Lipinski definition) is 3. The minimum absolute atomic E-state index is 0.0890. The molecule has 20 heavy (non-hydrogen) atoms. The molecule has 0 radical (unpaired) electrons. The summed E-state index contributed by atoms with van der Waals surface area (Å²) in [4.78, 5) is 2.15. The van der Waals surface area contributed by atoms with E-state index in [0.717, 1.165) is 12.1 Å². The highest BCUT2D eigenvalue weighted by molar-refractivity contribution is 5.46. The predicted octanol–water partition coefficient (Wildman–Crippen LogP) is 3.05. The molecule has 0 unspecified atom stereocenters. The summed E-state index contributed by atoms with van der Waals surface area (Å²) in [5, 5.41) is 8.91. The Labute approximate surface area is 115 Å². The fourth-order valence-electron chi connectivity index (χ4n) is 1.92. The van der Waals surface area contributed by atoms with E-state index in [-0.39, 0.29) is 11.3 Å². The molecule has 6 heteroatoms. The highest BCUT2D eigenvalue weighted by Gasteiger charge is 2.31. The van der Waals surface area contributed by atoms with Crippen molar-refractivity contribution in [2.24, 2.45) is 0 Å². The fraction of sp³-hybridized carbons (Fsp3) is 0.500. The minimum atomic E-state index is -4.45. The summed E-state index contributed by atoms with van der Waals surface area (Å²) in [6.07, 6.45) is -2.09. The first-order valence-corrected chi connectivity index (χ1v) is 6.36. The van der Waals surface area contributed by atoms with Crippen LogP contribution in [0.4, 0.5) is 13.2 Å². The lowest BCUT2D eigenvalue weighted by molar-refractivity contribution is -0.137. The summed E-state index contributed by atoms with van der Waals surface area (Å²) in [5.41, 5.74) is -0.926. The molecule has 0 amide bonds. The van der Waals surface area contributed by atoms with Gasteiger partial charge in [-0.1, -0.05) is 0 Å². The van der Waals surface area contributed by atoms with Crippen molar-refractivity contribution in [1.29, 1.82) is 5.26 Å². The van der Waals surface area contributed by atoms with Crippen LogP contribution in [0.25, 0.3) is 0 Å². The molecule has 1 aromatic rings. The summed E-state index contributed by atoms with van der Waals surface area (Å²) >= 11 is 0. The summed E-state index contributed by atoms with van der Waals surface area (Å²) in [5.74, 6) is 0.199. The molecular weight excluding hydrogens is 269 g/mol. The zero-order valence-corrected chi connectivity index (χ0v) is 11.1. The van der Waals surface area contributed by atoms with Crippen LogP contribution < -0.4 is 4.74 Å². The zero-order valence-electron chi connectivity index (χ0n) is 11.1. The molecule has 2 rings (SSSR count). The topological polar surface area (TPSA) is 36.3 Å². The second-order valence-corrected chi connectivity index (χ2v) is 4.88. The zero-order chi connectivity index (χ0) is 14.8. The van der Waals surface area contributed by atoms with Gasteiger partial charge >= 0.3 is 6.18 Å². The van der Waals surface area contributed by atoms with Gasteiger partial charge in [0.15, 0.2) is 0 Å². The maximum atomic E-state index is 12.5. The third-order valence-corrected chi connectivity index (χ3v) is 3.30. The minimum Gasteiger partial charge on any atom is -0.491 e. The predicted molar refractivity (Wildman–Crippen MR) is 67.3 cm³/mol. The van der Waals surface area contributed by atoms with Gasteiger partial charge in [0.25, 0.3) is 0 Å². The smallest absolute Gasteiger partial charge is 0.416 e. The van der Waals surface area contributed by atoms with Crippen molar-refractivity contribution in [2.45, 2.75) is 25.1 Å². The Morgan fingerprint density at radius 1 is 1.40 bits per heavy atom. The van der Waals surface area contributed by atoms with E-state index < -0.39 is 11.7 Å². The number of nitriles is 1. The van der Waals surface area contributed by atoms with Crippen molar-refractivity contribution < 1.29 is 17.9 Å². The average molecular weight is 284 g/mol. The molecule has 108 valence electrons. The van der Waals surface area contributed by atoms with E-state index in [9.17, 15) is 13.2 Å². The molecule has 0 N–H and O–H groups in total. The van der Waals surface area contributed by atoms with E-state index >= 15 is 0 Å². The third-order valence-electron chi connectivity index (χ3n) is 3.30. The van der Waals surface area contributed by atoms with Crippen LogP contribution >= 0.6 is 0 Å². The number of alkyl halides is 3. The van der Waals surface area contributed by atoms with Gasteiger partial charge in [-0.05, 0) is 38.1 Å². The monoisotopic (exact) mass is 284 g/mol. The number of ether oxygens (including phenoxy) is 1. The Hall–Kier alpha value is -1.74. The maximum absolute atomic E-state index is 12.5. The number of benzene rings is 1. The largest absolute Gasteiger partial charge is 0.491 e. The molecule has 0 aliphatic heterocycles. The van der Waals surface area contributed by atoms with E-state index in [2.05, 4.69) is 4.90 Å². The van der Waals surface area contributed by atoms with Crippen LogP contribution in [0.2, 0.25) is 0 Å². The van der Waals surface area contributed by atoms with Gasteiger partial charge < -0.3 is 9.64 Å². The van der Waals surface area contributed by atoms with Crippen molar-refractivity contribution in [2.75, 3.05) is 20.2 Å². The van der Waals surface area contributed by atoms with E-state index in [1.165, 1.54) is 18.9 Å². The Balaban J connectivity index is 1.98. The molecule has 1 aliphatic carbocycles. The highest BCUT2D eigenvalue weighted by Crippen LogP contribution is 2.32. The fourth-order valence-corrected chi connectivity index (χ4v) is 1.92. The van der Waals surface area contributed by atoms with Crippen LogP contribution in [0, 0.1) is 11.3 Å². The summed E-state index contributed by atoms with van der Waals surface area (Å²) < 4.78 is 43.0. The molecule has 1 aliphatic rings. The van der Waals surface area contributed by atoms with Gasteiger partial charge in [0.05, 0.1) is 11.1 Å². The summed E-state index contributed by atoms with van der Waals surface area (Å²) in [6.45, 7) is 1.05. The summed E-state index contributed by atoms with van der Waals surface area (Å²) in [6, 6.07) is 5.30. The number of hydrogen-bond donors (Lipinski definition) is 0. The molecule has 0 atom stereocenters. The van der Waals surface area contributed by atoms with Crippen molar-refractivity contribution in [3.63, 3.8) is 0 Å². The van der Waals surface area contributed by atoms with Crippen LogP contribution in [0.1, 0.15) is 24.0 Å². The average Bonchev–Trinajstić information content (AvgIpc) is 3.21. The van der Waals surface area contributed by atoms with Crippen molar-refractivity contribution in [3.8, 4) is 11.8 Å². The van der Waals surface area contributed by atoms with Gasteiger partial charge in [0.2, 0.25) is 0 Å². The number of nitrogens with zero attached hydrogens (tertiary/aromatic N) is 2. The molecule has 1 fully saturated rings. The van der Waals surface area contributed by atoms with Gasteiger partial charge in [0.1, 0.15) is 18.4 Å². The lowest BCUT2D eigenvalue weighted by atomic mass is 10.1. The Bertz CT molecular complexity index is 518. The van der Waals surface area contributed by atoms with Crippen molar-refractivity contribution in [1.82, 2.24) is 4.90 Å². The van der Waals surface area contributed by atoms with Crippen molar-refractivity contribution in [3.05, 3.63) is 29.3 Å². The number of rotatable bonds is 5. The second kappa shape index (κ2) is 5.71. The van der Waals surface area contributed by atoms with Crippen LogP contribution in [0.15, 0.2) is 18.2 Å². The quantitative estimate of drug-likeness (QED) is 0.833. The molecule has 1 saturated carbocycles. The Morgan fingerprint density at radius 3 is 2.65 bits per heavy atom. The first kappa shape index (κ1) is 14.7. The Morgan fingerprint density at radius 2 is 2.10 bits per heavy atom. The van der Waals surface area contributed by atoms with Crippen LogP contribution in [0.3, 0.4) is 0 Å². The van der Waals surface area contributed by atoms with E-state index in [0.29, 0.717) is 19.2 Å². The summed E-state index contributed by atoms with van der Waals surface area (Å²) in [7, 11) is 1.99. The van der Waals surface area contributed by atoms with Crippen LogP contribution in [-0.2, 0) is 6.18 Å². The first-order valence-electron chi connectivity index (χ1n) is 6.36. The van der Waals surface area contributed by atoms with Crippen LogP contribution in [-0.4, -0.2) is 31.1 Å². The van der Waals surface area contributed by atoms with E-state index in [1.807, 2.05) is 7.05 Å². The van der Waals surface area contributed by atoms with Gasteiger partial charge in [0, 0.05) is 12.6 Å². The second-order valence-electron chi connectivity index (χ2n) is 4.88. The number of likely N-dealkylation sites (N-methyl/N-ethyl adjacent to an activating group) is 1. The molecule has 0 spiro atoms. The Kier molecular flexibility index (Phi) is 4.19. The molecule has 0 heterocycles. The molecule has 0 aromatic heterocycles. The molecule has 3 nitrogen and oxygen atoms in total. The maximum Gasteiger partial charge on any atom is 0.416 e. The standard InChI is InChI=1S/C14H15F3N2O/c1-19(12-3-4-12)6-7-20-13-5-2-11(14(15,16)17)8-10(13)9-18/h2,5,8,12H,3-4,6-7H2,1H3. The van der Waals surface area contributed by atoms with Crippen LogP contribution in [0.5, 0.6) is 5.75 Å². The SMILES string of the molecule is CN(CCOc1ccc(C(F)(F)F)cc1C#N)C1CC1. The van der Waals surface area contributed by atoms with Gasteiger partial charge in [-0.2, -0.15) is 18.4 Å². The van der Waals surface area contributed by atoms with Gasteiger partial charge in [-0.15, -0.1) is 0 Å². The van der Waals surface area contributed by atoms with Gasteiger partial charge in [-0.3, -0.25) is 0 Å². The first-order chi connectivity index (χ1) is 9.41. The van der Waals surface area contributed by atoms with Crippen molar-refractivity contribution >= 4 is 0 Å². The molecule has 0 bridgehead atoms. The van der Waals surface area contributed by atoms with E-state index in [1.54, 1.807) is 6.07 Å². The third kappa shape index (κ3) is 3.64. The van der Waals surface area contributed by atoms with E-state index in [4.69, 9.17) is 10.00 Å². The van der Waals surface area contributed by atoms with Gasteiger partial charge in [-0.25, -0.2) is 0 Å². The normalized spacial score (nSPS) is 15.2. The molecule has 1 aromatic carbocycles. The highest BCUT2D eigenvalue weighted by atomic mass is 19.4. The lowest BCUT2D eigenvalue weighted by Gasteiger charge is -2.16. The number of halogens is 3. The molecule has 0 saturated heterocycles. The molecular formula is C14H15F3N2O.